The molecular formula is C23H34N4O3. The lowest BCUT2D eigenvalue weighted by atomic mass is 9.86. The van der Waals surface area contributed by atoms with Gasteiger partial charge in [0.1, 0.15) is 0 Å². The number of amides is 4. The Balaban J connectivity index is 1.33. The van der Waals surface area contributed by atoms with Gasteiger partial charge in [-0.05, 0) is 50.3 Å². The van der Waals surface area contributed by atoms with Crippen molar-refractivity contribution in [2.24, 2.45) is 11.8 Å². The third-order valence-corrected chi connectivity index (χ3v) is 6.32. The lowest BCUT2D eigenvalue weighted by molar-refractivity contribution is -0.126. The number of hydrogen-bond acceptors (Lipinski definition) is 4. The van der Waals surface area contributed by atoms with Gasteiger partial charge in [0.05, 0.1) is 6.54 Å². The fourth-order valence-corrected chi connectivity index (χ4v) is 4.39. The number of nitrogens with one attached hydrogen (secondary N) is 3. The average molecular weight is 415 g/mol. The van der Waals surface area contributed by atoms with Crippen molar-refractivity contribution in [1.29, 1.82) is 0 Å². The molecule has 1 aliphatic carbocycles. The zero-order chi connectivity index (χ0) is 21.3. The van der Waals surface area contributed by atoms with Crippen molar-refractivity contribution in [2.45, 2.75) is 58.0 Å². The standard InChI is InChI=1S/C23H34N4O3/c1-17-7-5-6-10-20(17)25-23(30)26-21(28)16-27-13-11-19(12-14-27)22(29)24-15-18-8-3-2-4-9-18/h2-4,8-9,17,19-20H,5-7,10-16H2,1H3,(H,24,29)(H2,25,26,28,30)/t17-,20-/m1/s1. The van der Waals surface area contributed by atoms with Crippen LogP contribution in [-0.2, 0) is 16.1 Å². The number of hydrogen-bond donors (Lipinski definition) is 3. The second-order valence-electron chi connectivity index (χ2n) is 8.64. The van der Waals surface area contributed by atoms with Crippen LogP contribution in [0.15, 0.2) is 30.3 Å². The molecule has 1 aromatic rings. The van der Waals surface area contributed by atoms with Crippen molar-refractivity contribution in [3.63, 3.8) is 0 Å². The molecule has 7 nitrogen and oxygen atoms in total. The van der Waals surface area contributed by atoms with E-state index in [1.807, 2.05) is 35.2 Å². The molecule has 1 aliphatic heterocycles. The number of benzene rings is 1. The zero-order valence-corrected chi connectivity index (χ0v) is 17.9. The molecule has 0 aromatic heterocycles. The number of piperidine rings is 1. The summed E-state index contributed by atoms with van der Waals surface area (Å²) in [5.41, 5.74) is 1.08. The van der Waals surface area contributed by atoms with Gasteiger partial charge in [-0.15, -0.1) is 0 Å². The molecule has 4 amide bonds. The van der Waals surface area contributed by atoms with E-state index in [1.54, 1.807) is 0 Å². The maximum absolute atomic E-state index is 12.4. The van der Waals surface area contributed by atoms with E-state index in [0.29, 0.717) is 25.6 Å². The number of urea groups is 1. The SMILES string of the molecule is C[C@@H]1CCCC[C@H]1NC(=O)NC(=O)CN1CCC(C(=O)NCc2ccccc2)CC1. The lowest BCUT2D eigenvalue weighted by Gasteiger charge is -2.31. The van der Waals surface area contributed by atoms with Crippen LogP contribution in [0.3, 0.4) is 0 Å². The van der Waals surface area contributed by atoms with Crippen LogP contribution in [0.4, 0.5) is 4.79 Å². The van der Waals surface area contributed by atoms with Gasteiger partial charge >= 0.3 is 6.03 Å². The van der Waals surface area contributed by atoms with Crippen molar-refractivity contribution in [3.8, 4) is 0 Å². The molecule has 0 bridgehead atoms. The van der Waals surface area contributed by atoms with Crippen molar-refractivity contribution in [1.82, 2.24) is 20.9 Å². The topological polar surface area (TPSA) is 90.5 Å². The van der Waals surface area contributed by atoms with Gasteiger partial charge in [-0.3, -0.25) is 19.8 Å². The van der Waals surface area contributed by atoms with Crippen molar-refractivity contribution in [3.05, 3.63) is 35.9 Å². The summed E-state index contributed by atoms with van der Waals surface area (Å²) in [5, 5.41) is 8.40. The molecule has 7 heteroatoms. The van der Waals surface area contributed by atoms with Crippen LogP contribution in [0.2, 0.25) is 0 Å². The van der Waals surface area contributed by atoms with Crippen molar-refractivity contribution in [2.75, 3.05) is 19.6 Å². The number of likely N-dealkylation sites (tertiary alicyclic amines) is 1. The zero-order valence-electron chi connectivity index (χ0n) is 17.9. The summed E-state index contributed by atoms with van der Waals surface area (Å²) in [5.74, 6) is 0.211. The molecule has 2 fully saturated rings. The molecule has 164 valence electrons. The normalized spacial score (nSPS) is 22.8. The third-order valence-electron chi connectivity index (χ3n) is 6.32. The number of carbonyl (C=O) groups is 3. The molecule has 2 aliphatic rings. The first-order chi connectivity index (χ1) is 14.5. The summed E-state index contributed by atoms with van der Waals surface area (Å²) >= 11 is 0. The summed E-state index contributed by atoms with van der Waals surface area (Å²) in [6.07, 6.45) is 5.87. The fraction of sp³-hybridized carbons (Fsp3) is 0.609. The van der Waals surface area contributed by atoms with E-state index < -0.39 is 6.03 Å². The quantitative estimate of drug-likeness (QED) is 0.667. The van der Waals surface area contributed by atoms with Gasteiger partial charge < -0.3 is 10.6 Å². The van der Waals surface area contributed by atoms with Crippen LogP contribution < -0.4 is 16.0 Å². The summed E-state index contributed by atoms with van der Waals surface area (Å²) in [6.45, 7) is 4.23. The van der Waals surface area contributed by atoms with Gasteiger partial charge in [0.25, 0.3) is 0 Å². The average Bonchev–Trinajstić information content (AvgIpc) is 2.75. The summed E-state index contributed by atoms with van der Waals surface area (Å²) < 4.78 is 0. The van der Waals surface area contributed by atoms with E-state index >= 15 is 0 Å². The molecule has 3 N–H and O–H groups in total. The van der Waals surface area contributed by atoms with Crippen LogP contribution >= 0.6 is 0 Å². The van der Waals surface area contributed by atoms with E-state index in [9.17, 15) is 14.4 Å². The maximum Gasteiger partial charge on any atom is 0.321 e. The number of rotatable bonds is 6. The van der Waals surface area contributed by atoms with Crippen LogP contribution in [-0.4, -0.2) is 48.4 Å². The lowest BCUT2D eigenvalue weighted by Crippen LogP contribution is -2.50. The predicted octanol–water partition coefficient (Wildman–Crippen LogP) is 2.42. The van der Waals surface area contributed by atoms with Crippen LogP contribution in [0, 0.1) is 11.8 Å². The predicted molar refractivity (Wildman–Crippen MR) is 116 cm³/mol. The molecule has 2 atom stereocenters. The fourth-order valence-electron chi connectivity index (χ4n) is 4.39. The van der Waals surface area contributed by atoms with E-state index in [-0.39, 0.29) is 30.3 Å². The molecule has 0 radical (unpaired) electrons. The van der Waals surface area contributed by atoms with Gasteiger partial charge in [-0.25, -0.2) is 4.79 Å². The summed E-state index contributed by atoms with van der Waals surface area (Å²) in [4.78, 5) is 38.8. The maximum atomic E-state index is 12.4. The first kappa shape index (κ1) is 22.3. The Morgan fingerprint density at radius 2 is 1.70 bits per heavy atom. The molecule has 1 saturated carbocycles. The van der Waals surface area contributed by atoms with Crippen LogP contribution in [0.1, 0.15) is 51.0 Å². The molecular weight excluding hydrogens is 380 g/mol. The highest BCUT2D eigenvalue weighted by molar-refractivity contribution is 5.95. The highest BCUT2D eigenvalue weighted by Gasteiger charge is 2.27. The van der Waals surface area contributed by atoms with E-state index in [4.69, 9.17) is 0 Å². The van der Waals surface area contributed by atoms with E-state index in [0.717, 1.165) is 37.7 Å². The molecule has 0 unspecified atom stereocenters. The Bertz CT molecular complexity index is 716. The van der Waals surface area contributed by atoms with E-state index in [2.05, 4.69) is 22.9 Å². The van der Waals surface area contributed by atoms with Gasteiger partial charge in [0, 0.05) is 18.5 Å². The van der Waals surface area contributed by atoms with Crippen LogP contribution in [0.25, 0.3) is 0 Å². The minimum absolute atomic E-state index is 0.0240. The van der Waals surface area contributed by atoms with Gasteiger partial charge in [-0.1, -0.05) is 50.1 Å². The first-order valence-electron chi connectivity index (χ1n) is 11.2. The molecule has 0 spiro atoms. The Hall–Kier alpha value is -2.41. The highest BCUT2D eigenvalue weighted by atomic mass is 16.2. The molecule has 3 rings (SSSR count). The minimum Gasteiger partial charge on any atom is -0.352 e. The smallest absolute Gasteiger partial charge is 0.321 e. The monoisotopic (exact) mass is 414 g/mol. The highest BCUT2D eigenvalue weighted by Crippen LogP contribution is 2.23. The van der Waals surface area contributed by atoms with E-state index in [1.165, 1.54) is 6.42 Å². The van der Waals surface area contributed by atoms with Crippen molar-refractivity contribution < 1.29 is 14.4 Å². The van der Waals surface area contributed by atoms with Gasteiger partial charge in [-0.2, -0.15) is 0 Å². The Kier molecular flexibility index (Phi) is 8.25. The van der Waals surface area contributed by atoms with Crippen LogP contribution in [0.5, 0.6) is 0 Å². The number of nitrogens with zero attached hydrogens (tertiary/aromatic N) is 1. The first-order valence-corrected chi connectivity index (χ1v) is 11.2. The summed E-state index contributed by atoms with van der Waals surface area (Å²) in [7, 11) is 0. The molecule has 30 heavy (non-hydrogen) atoms. The second-order valence-corrected chi connectivity index (χ2v) is 8.64. The number of imide groups is 1. The molecule has 1 saturated heterocycles. The molecule has 1 aromatic carbocycles. The minimum atomic E-state index is -0.395. The largest absolute Gasteiger partial charge is 0.352 e. The third kappa shape index (κ3) is 6.83. The second kappa shape index (κ2) is 11.1. The Morgan fingerprint density at radius 3 is 2.40 bits per heavy atom. The Morgan fingerprint density at radius 1 is 1.00 bits per heavy atom. The molecule has 1 heterocycles. The van der Waals surface area contributed by atoms with Gasteiger partial charge in [0.15, 0.2) is 0 Å². The van der Waals surface area contributed by atoms with Gasteiger partial charge in [0.2, 0.25) is 11.8 Å². The van der Waals surface area contributed by atoms with Crippen molar-refractivity contribution >= 4 is 17.8 Å². The number of carbonyl (C=O) groups excluding carboxylic acids is 3. The summed E-state index contributed by atoms with van der Waals surface area (Å²) in [6, 6.07) is 9.61. The Labute approximate surface area is 179 Å².